The molecule has 2 rings (SSSR count). The van der Waals surface area contributed by atoms with Crippen LogP contribution < -0.4 is 10.5 Å². The molecule has 2 N–H and O–H groups in total. The second kappa shape index (κ2) is 3.87. The molecule has 1 aromatic heterocycles. The number of ether oxygens (including phenoxy) is 1. The number of anilines is 1. The van der Waals surface area contributed by atoms with Crippen molar-refractivity contribution in [2.45, 2.75) is 0 Å². The second-order valence-corrected chi connectivity index (χ2v) is 2.66. The van der Waals surface area contributed by atoms with Gasteiger partial charge in [0.1, 0.15) is 5.75 Å². The number of rotatable bonds is 2. The van der Waals surface area contributed by atoms with E-state index >= 15 is 0 Å². The van der Waals surface area contributed by atoms with Gasteiger partial charge in [0.2, 0.25) is 5.95 Å². The van der Waals surface area contributed by atoms with Gasteiger partial charge in [-0.2, -0.15) is 14.4 Å². The first-order valence-corrected chi connectivity index (χ1v) is 4.14. The third-order valence-electron chi connectivity index (χ3n) is 1.56. The van der Waals surface area contributed by atoms with Crippen molar-refractivity contribution in [3.05, 3.63) is 36.4 Å². The topological polar surface area (TPSA) is 73.9 Å². The van der Waals surface area contributed by atoms with E-state index in [1.54, 1.807) is 24.3 Å². The number of aromatic nitrogens is 3. The molecule has 0 atom stereocenters. The van der Waals surface area contributed by atoms with Gasteiger partial charge < -0.3 is 10.5 Å². The average Bonchev–Trinajstić information content (AvgIpc) is 2.17. The molecule has 0 spiro atoms. The van der Waals surface area contributed by atoms with Crippen LogP contribution >= 0.6 is 0 Å². The lowest BCUT2D eigenvalue weighted by Crippen LogP contribution is -2.02. The van der Waals surface area contributed by atoms with Crippen LogP contribution in [0, 0.1) is 6.08 Å². The Hall–Kier alpha value is -2.24. The molecular weight excluding hydrogens is 199 g/mol. The summed E-state index contributed by atoms with van der Waals surface area (Å²) < 4.78 is 17.9. The molecule has 0 aliphatic rings. The van der Waals surface area contributed by atoms with Gasteiger partial charge in [0.05, 0.1) is 0 Å². The van der Waals surface area contributed by atoms with Gasteiger partial charge in [-0.1, -0.05) is 18.2 Å². The number of nitrogen functional groups attached to an aromatic ring is 1. The zero-order valence-electron chi connectivity index (χ0n) is 7.59. The first kappa shape index (κ1) is 9.32. The van der Waals surface area contributed by atoms with Crippen LogP contribution in [0.1, 0.15) is 0 Å². The Kier molecular flexibility index (Phi) is 2.40. The summed E-state index contributed by atoms with van der Waals surface area (Å²) in [6, 6.07) is 8.60. The summed E-state index contributed by atoms with van der Waals surface area (Å²) in [4.78, 5) is 10.1. The molecule has 76 valence electrons. The highest BCUT2D eigenvalue weighted by molar-refractivity contribution is 5.25. The minimum Gasteiger partial charge on any atom is -0.424 e. The number of hydrogen-bond donors (Lipinski definition) is 1. The van der Waals surface area contributed by atoms with Crippen molar-refractivity contribution < 1.29 is 9.13 Å². The highest BCUT2D eigenvalue weighted by Gasteiger charge is 2.05. The number of hydrogen-bond acceptors (Lipinski definition) is 5. The van der Waals surface area contributed by atoms with Gasteiger partial charge in [-0.05, 0) is 12.1 Å². The number of nitrogens with two attached hydrogens (primary N) is 1. The average molecular weight is 206 g/mol. The fourth-order valence-electron chi connectivity index (χ4n) is 0.986. The summed E-state index contributed by atoms with van der Waals surface area (Å²) >= 11 is 0. The summed E-state index contributed by atoms with van der Waals surface area (Å²) in [6.07, 6.45) is -0.964. The van der Waals surface area contributed by atoms with Crippen LogP contribution in [0.4, 0.5) is 10.3 Å². The molecule has 0 saturated heterocycles. The second-order valence-electron chi connectivity index (χ2n) is 2.66. The predicted molar refractivity (Wildman–Crippen MR) is 50.7 cm³/mol. The van der Waals surface area contributed by atoms with Gasteiger partial charge >= 0.3 is 12.1 Å². The van der Waals surface area contributed by atoms with Gasteiger partial charge in [0, 0.05) is 0 Å². The van der Waals surface area contributed by atoms with Crippen molar-refractivity contribution in [3.63, 3.8) is 0 Å². The highest BCUT2D eigenvalue weighted by Crippen LogP contribution is 2.16. The fourth-order valence-corrected chi connectivity index (χ4v) is 0.986. The summed E-state index contributed by atoms with van der Waals surface area (Å²) in [5.41, 5.74) is 5.23. The maximum Gasteiger partial charge on any atom is 0.329 e. The molecule has 0 aliphatic heterocycles. The summed E-state index contributed by atoms with van der Waals surface area (Å²) in [5.74, 6) is 0.288. The molecule has 15 heavy (non-hydrogen) atoms. The van der Waals surface area contributed by atoms with E-state index in [-0.39, 0.29) is 12.0 Å². The Labute approximate surface area is 84.8 Å². The van der Waals surface area contributed by atoms with E-state index in [0.29, 0.717) is 5.75 Å². The van der Waals surface area contributed by atoms with Crippen molar-refractivity contribution in [3.8, 4) is 11.8 Å². The SMILES string of the molecule is Nc1nc(F)nc(Oc2ccccc2)n1. The first-order valence-electron chi connectivity index (χ1n) is 4.14. The molecule has 6 heteroatoms. The number of halogens is 1. The Morgan fingerprint density at radius 1 is 1.07 bits per heavy atom. The van der Waals surface area contributed by atoms with Crippen LogP contribution in [0.5, 0.6) is 11.8 Å². The summed E-state index contributed by atoms with van der Waals surface area (Å²) in [6.45, 7) is 0. The first-order chi connectivity index (χ1) is 7.24. The van der Waals surface area contributed by atoms with Gasteiger partial charge in [-0.3, -0.25) is 0 Å². The largest absolute Gasteiger partial charge is 0.424 e. The lowest BCUT2D eigenvalue weighted by Gasteiger charge is -2.02. The number of para-hydroxylation sites is 1. The molecule has 0 saturated carbocycles. The van der Waals surface area contributed by atoms with Crippen LogP contribution in [0.2, 0.25) is 0 Å². The molecule has 5 nitrogen and oxygen atoms in total. The standard InChI is InChI=1S/C9H7FN4O/c10-7-12-8(11)14-9(13-7)15-6-4-2-1-3-5-6/h1-5H,(H2,11,12,13,14). The van der Waals surface area contributed by atoms with E-state index in [1.807, 2.05) is 6.07 Å². The monoisotopic (exact) mass is 206 g/mol. The van der Waals surface area contributed by atoms with E-state index in [1.165, 1.54) is 0 Å². The smallest absolute Gasteiger partial charge is 0.329 e. The predicted octanol–water partition coefficient (Wildman–Crippen LogP) is 1.39. The van der Waals surface area contributed by atoms with Crippen LogP contribution in [-0.2, 0) is 0 Å². The number of benzene rings is 1. The Morgan fingerprint density at radius 3 is 2.47 bits per heavy atom. The van der Waals surface area contributed by atoms with Crippen LogP contribution in [0.15, 0.2) is 30.3 Å². The quantitative estimate of drug-likeness (QED) is 0.803. The number of nitrogens with zero attached hydrogens (tertiary/aromatic N) is 3. The molecule has 1 heterocycles. The van der Waals surface area contributed by atoms with E-state index in [2.05, 4.69) is 15.0 Å². The van der Waals surface area contributed by atoms with Crippen molar-refractivity contribution >= 4 is 5.95 Å². The minimum absolute atomic E-state index is 0.161. The molecule has 0 bridgehead atoms. The van der Waals surface area contributed by atoms with E-state index in [9.17, 15) is 4.39 Å². The Morgan fingerprint density at radius 2 is 1.80 bits per heavy atom. The van der Waals surface area contributed by atoms with Gasteiger partial charge in [0.25, 0.3) is 0 Å². The molecular formula is C9H7FN4O. The summed E-state index contributed by atoms with van der Waals surface area (Å²) in [7, 11) is 0. The van der Waals surface area contributed by atoms with E-state index in [4.69, 9.17) is 10.5 Å². The third kappa shape index (κ3) is 2.37. The Balaban J connectivity index is 2.25. The molecule has 0 amide bonds. The van der Waals surface area contributed by atoms with Crippen molar-refractivity contribution in [1.82, 2.24) is 15.0 Å². The van der Waals surface area contributed by atoms with Crippen molar-refractivity contribution in [2.75, 3.05) is 5.73 Å². The van der Waals surface area contributed by atoms with Crippen LogP contribution in [-0.4, -0.2) is 15.0 Å². The fraction of sp³-hybridized carbons (Fsp3) is 0. The molecule has 0 aliphatic carbocycles. The van der Waals surface area contributed by atoms with Crippen LogP contribution in [0.3, 0.4) is 0 Å². The minimum atomic E-state index is -0.964. The zero-order valence-corrected chi connectivity index (χ0v) is 7.59. The summed E-state index contributed by atoms with van der Waals surface area (Å²) in [5, 5.41) is 0. The molecule has 2 aromatic rings. The molecule has 0 radical (unpaired) electrons. The van der Waals surface area contributed by atoms with Gasteiger partial charge in [0.15, 0.2) is 0 Å². The maximum absolute atomic E-state index is 12.7. The normalized spacial score (nSPS) is 9.93. The highest BCUT2D eigenvalue weighted by atomic mass is 19.1. The van der Waals surface area contributed by atoms with Crippen LogP contribution in [0.25, 0.3) is 0 Å². The van der Waals surface area contributed by atoms with E-state index in [0.717, 1.165) is 0 Å². The van der Waals surface area contributed by atoms with Gasteiger partial charge in [-0.15, -0.1) is 4.98 Å². The van der Waals surface area contributed by atoms with Crippen molar-refractivity contribution in [1.29, 1.82) is 0 Å². The van der Waals surface area contributed by atoms with E-state index < -0.39 is 6.08 Å². The lowest BCUT2D eigenvalue weighted by molar-refractivity contribution is 0.415. The van der Waals surface area contributed by atoms with Gasteiger partial charge in [-0.25, -0.2) is 0 Å². The lowest BCUT2D eigenvalue weighted by atomic mass is 10.3. The molecule has 0 fully saturated rings. The zero-order chi connectivity index (χ0) is 10.7. The third-order valence-corrected chi connectivity index (χ3v) is 1.56. The Bertz CT molecular complexity index is 443. The van der Waals surface area contributed by atoms with Crippen molar-refractivity contribution in [2.24, 2.45) is 0 Å². The molecule has 1 aromatic carbocycles. The molecule has 0 unspecified atom stereocenters. The maximum atomic E-state index is 12.7.